The maximum Gasteiger partial charge on any atom is 0.305 e. The molecule has 1 aliphatic rings. The summed E-state index contributed by atoms with van der Waals surface area (Å²) in [6, 6.07) is 1.24. The zero-order valence-corrected chi connectivity index (χ0v) is 12.7. The van der Waals surface area contributed by atoms with Crippen molar-refractivity contribution >= 4 is 21.6 Å². The summed E-state index contributed by atoms with van der Waals surface area (Å²) < 4.78 is 23.5. The van der Waals surface area contributed by atoms with E-state index in [1.807, 2.05) is 13.0 Å². The van der Waals surface area contributed by atoms with Crippen LogP contribution in [-0.2, 0) is 21.1 Å². The minimum absolute atomic E-state index is 0.0240. The Balaban J connectivity index is 2.26. The summed E-state index contributed by atoms with van der Waals surface area (Å²) in [7, 11) is -3.19. The number of aliphatic carboxylic acids is 1. The molecule has 1 saturated heterocycles. The zero-order valence-electron chi connectivity index (χ0n) is 11.9. The second-order valence-corrected chi connectivity index (χ2v) is 7.41. The maximum atomic E-state index is 11.7. The lowest BCUT2D eigenvalue weighted by atomic mass is 10.2. The second-order valence-electron chi connectivity index (χ2n) is 5.18. The Labute approximate surface area is 123 Å². The molecule has 0 aromatic carbocycles. The van der Waals surface area contributed by atoms with E-state index in [-0.39, 0.29) is 24.5 Å². The van der Waals surface area contributed by atoms with Crippen LogP contribution in [0.15, 0.2) is 12.4 Å². The smallest absolute Gasteiger partial charge is 0.305 e. The van der Waals surface area contributed by atoms with Crippen LogP contribution in [0.3, 0.4) is 0 Å². The van der Waals surface area contributed by atoms with Crippen molar-refractivity contribution in [1.82, 2.24) is 9.97 Å². The summed E-state index contributed by atoms with van der Waals surface area (Å²) >= 11 is 0. The van der Waals surface area contributed by atoms with E-state index in [1.54, 1.807) is 4.90 Å². The molecule has 0 bridgehead atoms. The predicted molar refractivity (Wildman–Crippen MR) is 78.1 cm³/mol. The van der Waals surface area contributed by atoms with Gasteiger partial charge in [-0.25, -0.2) is 18.4 Å². The minimum Gasteiger partial charge on any atom is -0.481 e. The van der Waals surface area contributed by atoms with Crippen molar-refractivity contribution in [2.45, 2.75) is 32.2 Å². The van der Waals surface area contributed by atoms with Gasteiger partial charge in [0.2, 0.25) is 0 Å². The lowest BCUT2D eigenvalue weighted by Gasteiger charge is -2.35. The molecule has 1 aromatic rings. The highest BCUT2D eigenvalue weighted by Gasteiger charge is 2.33. The number of anilines is 1. The van der Waals surface area contributed by atoms with E-state index >= 15 is 0 Å². The monoisotopic (exact) mass is 313 g/mol. The fourth-order valence-electron chi connectivity index (χ4n) is 2.49. The Morgan fingerprint density at radius 3 is 2.90 bits per heavy atom. The Morgan fingerprint density at radius 1 is 1.48 bits per heavy atom. The number of carbonyl (C=O) groups is 1. The van der Waals surface area contributed by atoms with Crippen molar-refractivity contribution in [3.8, 4) is 0 Å². The van der Waals surface area contributed by atoms with Gasteiger partial charge in [0.25, 0.3) is 0 Å². The maximum absolute atomic E-state index is 11.7. The van der Waals surface area contributed by atoms with Crippen LogP contribution in [0.25, 0.3) is 0 Å². The number of sulfone groups is 1. The zero-order chi connectivity index (χ0) is 15.5. The molecule has 21 heavy (non-hydrogen) atoms. The first kappa shape index (κ1) is 15.7. The highest BCUT2D eigenvalue weighted by atomic mass is 32.2. The molecule has 0 saturated carbocycles. The normalized spacial score (nSPS) is 21.2. The molecule has 1 fully saturated rings. The standard InChI is InChI=1S/C13H19N3O4S/c1-2-3-10-6-12(15-9-14-10)16-4-5-21(19,20)8-11(16)7-13(17)18/h6,9,11H,2-5,7-8H2,1H3,(H,17,18). The molecule has 1 aromatic heterocycles. The number of aromatic nitrogens is 2. The van der Waals surface area contributed by atoms with Crippen LogP contribution >= 0.6 is 0 Å². The van der Waals surface area contributed by atoms with Crippen LogP contribution in [0.4, 0.5) is 5.82 Å². The third-order valence-corrected chi connectivity index (χ3v) is 5.15. The molecule has 0 spiro atoms. The summed E-state index contributed by atoms with van der Waals surface area (Å²) in [5.74, 6) is -0.526. The molecule has 0 aliphatic carbocycles. The fraction of sp³-hybridized carbons (Fsp3) is 0.615. The Bertz CT molecular complexity index is 618. The van der Waals surface area contributed by atoms with Crippen LogP contribution in [-0.4, -0.2) is 53.6 Å². The Morgan fingerprint density at radius 2 is 2.24 bits per heavy atom. The lowest BCUT2D eigenvalue weighted by molar-refractivity contribution is -0.137. The van der Waals surface area contributed by atoms with E-state index in [9.17, 15) is 13.2 Å². The van der Waals surface area contributed by atoms with E-state index in [0.717, 1.165) is 18.5 Å². The van der Waals surface area contributed by atoms with E-state index in [1.165, 1.54) is 6.33 Å². The van der Waals surface area contributed by atoms with Gasteiger partial charge < -0.3 is 10.0 Å². The molecule has 116 valence electrons. The van der Waals surface area contributed by atoms with Gasteiger partial charge in [-0.15, -0.1) is 0 Å². The Hall–Kier alpha value is -1.70. The number of aryl methyl sites for hydroxylation is 1. The molecule has 1 N–H and O–H groups in total. The van der Waals surface area contributed by atoms with Crippen LogP contribution in [0, 0.1) is 0 Å². The first-order valence-corrected chi connectivity index (χ1v) is 8.73. The predicted octanol–water partition coefficient (Wildman–Crippen LogP) is 0.507. The number of nitrogens with zero attached hydrogens (tertiary/aromatic N) is 3. The minimum atomic E-state index is -3.19. The molecular formula is C13H19N3O4S. The van der Waals surface area contributed by atoms with Crippen molar-refractivity contribution in [3.63, 3.8) is 0 Å². The van der Waals surface area contributed by atoms with Crippen molar-refractivity contribution < 1.29 is 18.3 Å². The van der Waals surface area contributed by atoms with Crippen molar-refractivity contribution in [1.29, 1.82) is 0 Å². The average molecular weight is 313 g/mol. The van der Waals surface area contributed by atoms with E-state index in [0.29, 0.717) is 5.82 Å². The molecule has 1 aliphatic heterocycles. The van der Waals surface area contributed by atoms with E-state index in [4.69, 9.17) is 5.11 Å². The fourth-order valence-corrected chi connectivity index (χ4v) is 4.02. The first-order chi connectivity index (χ1) is 9.91. The first-order valence-electron chi connectivity index (χ1n) is 6.91. The summed E-state index contributed by atoms with van der Waals surface area (Å²) in [5.41, 5.74) is 0.880. The van der Waals surface area contributed by atoms with Gasteiger partial charge in [0.15, 0.2) is 9.84 Å². The molecule has 1 atom stereocenters. The van der Waals surface area contributed by atoms with Gasteiger partial charge in [0, 0.05) is 18.3 Å². The van der Waals surface area contributed by atoms with Gasteiger partial charge in [-0.1, -0.05) is 13.3 Å². The second kappa shape index (κ2) is 6.38. The average Bonchev–Trinajstić information content (AvgIpc) is 2.38. The lowest BCUT2D eigenvalue weighted by Crippen LogP contribution is -2.50. The molecule has 0 radical (unpaired) electrons. The van der Waals surface area contributed by atoms with E-state index < -0.39 is 21.8 Å². The van der Waals surface area contributed by atoms with Crippen molar-refractivity contribution in [2.75, 3.05) is 23.0 Å². The van der Waals surface area contributed by atoms with Gasteiger partial charge >= 0.3 is 5.97 Å². The molecule has 2 rings (SSSR count). The highest BCUT2D eigenvalue weighted by Crippen LogP contribution is 2.22. The van der Waals surface area contributed by atoms with Crippen LogP contribution in [0.5, 0.6) is 0 Å². The van der Waals surface area contributed by atoms with Crippen LogP contribution in [0.2, 0.25) is 0 Å². The summed E-state index contributed by atoms with van der Waals surface area (Å²) in [6.45, 7) is 2.31. The van der Waals surface area contributed by atoms with Gasteiger partial charge in [-0.2, -0.15) is 0 Å². The Kier molecular flexibility index (Phi) is 4.76. The van der Waals surface area contributed by atoms with Crippen molar-refractivity contribution in [2.24, 2.45) is 0 Å². The topological polar surface area (TPSA) is 100 Å². The molecule has 0 amide bonds. The van der Waals surface area contributed by atoms with Crippen LogP contribution < -0.4 is 4.90 Å². The number of rotatable bonds is 5. The number of hydrogen-bond donors (Lipinski definition) is 1. The highest BCUT2D eigenvalue weighted by molar-refractivity contribution is 7.91. The van der Waals surface area contributed by atoms with Gasteiger partial charge in [0.1, 0.15) is 12.1 Å². The van der Waals surface area contributed by atoms with Gasteiger partial charge in [-0.3, -0.25) is 4.79 Å². The molecule has 7 nitrogen and oxygen atoms in total. The van der Waals surface area contributed by atoms with E-state index in [2.05, 4.69) is 9.97 Å². The number of hydrogen-bond acceptors (Lipinski definition) is 6. The summed E-state index contributed by atoms with van der Waals surface area (Å²) in [6.07, 6.45) is 2.99. The number of carboxylic acids is 1. The van der Waals surface area contributed by atoms with Crippen LogP contribution in [0.1, 0.15) is 25.5 Å². The number of carboxylic acid groups (broad SMARTS) is 1. The summed E-state index contributed by atoms with van der Waals surface area (Å²) in [4.78, 5) is 21.1. The molecular weight excluding hydrogens is 294 g/mol. The molecule has 1 unspecified atom stereocenters. The third-order valence-electron chi connectivity index (χ3n) is 3.45. The SMILES string of the molecule is CCCc1cc(N2CCS(=O)(=O)CC2CC(=O)O)ncn1. The largest absolute Gasteiger partial charge is 0.481 e. The molecule has 2 heterocycles. The van der Waals surface area contributed by atoms with Gasteiger partial charge in [0.05, 0.1) is 24.0 Å². The summed E-state index contributed by atoms with van der Waals surface area (Å²) in [5, 5.41) is 8.99. The third kappa shape index (κ3) is 4.13. The quantitative estimate of drug-likeness (QED) is 0.845. The molecule has 8 heteroatoms. The van der Waals surface area contributed by atoms with Crippen molar-refractivity contribution in [3.05, 3.63) is 18.1 Å². The van der Waals surface area contributed by atoms with Gasteiger partial charge in [-0.05, 0) is 6.42 Å².